The molecule has 0 N–H and O–H groups in total. The molecule has 0 aromatic carbocycles. The van der Waals surface area contributed by atoms with Crippen molar-refractivity contribution in [3.63, 3.8) is 0 Å². The van der Waals surface area contributed by atoms with Crippen LogP contribution in [0.4, 0.5) is 0 Å². The van der Waals surface area contributed by atoms with Gasteiger partial charge in [-0.15, -0.1) is 5.10 Å². The monoisotopic (exact) mass is 237 g/mol. The molecule has 16 heavy (non-hydrogen) atoms. The lowest BCUT2D eigenvalue weighted by molar-refractivity contribution is 0.0984. The van der Waals surface area contributed by atoms with E-state index in [4.69, 9.17) is 0 Å². The van der Waals surface area contributed by atoms with Gasteiger partial charge in [0.1, 0.15) is 17.8 Å². The lowest BCUT2D eigenvalue weighted by Gasteiger charge is -2.07. The Balaban J connectivity index is 2.15. The van der Waals surface area contributed by atoms with Gasteiger partial charge in [0, 0.05) is 11.4 Å². The van der Waals surface area contributed by atoms with Crippen LogP contribution in [0.15, 0.2) is 11.7 Å². The zero-order valence-electron chi connectivity index (χ0n) is 8.99. The number of carbonyl (C=O) groups excluding carboxylic acids is 1. The van der Waals surface area contributed by atoms with Crippen LogP contribution in [0.3, 0.4) is 0 Å². The molecule has 0 aliphatic carbocycles. The highest BCUT2D eigenvalue weighted by molar-refractivity contribution is 7.03. The maximum Gasteiger partial charge on any atom is 0.191 e. The van der Waals surface area contributed by atoms with E-state index in [2.05, 4.69) is 19.7 Å². The Bertz CT molecular complexity index is 476. The number of aromatic nitrogens is 5. The van der Waals surface area contributed by atoms with Gasteiger partial charge in [-0.05, 0) is 25.4 Å². The van der Waals surface area contributed by atoms with E-state index in [0.29, 0.717) is 11.5 Å². The predicted molar refractivity (Wildman–Crippen MR) is 58.4 cm³/mol. The summed E-state index contributed by atoms with van der Waals surface area (Å²) in [5.41, 5.74) is 0.392. The van der Waals surface area contributed by atoms with Crippen LogP contribution in [-0.4, -0.2) is 30.1 Å². The SMILES string of the molecule is CC(C)n1ncnc1CC(=O)c1csnn1. The van der Waals surface area contributed by atoms with Crippen molar-refractivity contribution in [1.29, 1.82) is 0 Å². The summed E-state index contributed by atoms with van der Waals surface area (Å²) in [4.78, 5) is 15.8. The minimum Gasteiger partial charge on any atom is -0.292 e. The number of carbonyl (C=O) groups is 1. The Morgan fingerprint density at radius 1 is 1.56 bits per heavy atom. The fraction of sp³-hybridized carbons (Fsp3) is 0.444. The molecule has 0 aliphatic rings. The Hall–Kier alpha value is -1.63. The van der Waals surface area contributed by atoms with E-state index in [1.165, 1.54) is 17.9 Å². The molecule has 2 aromatic rings. The van der Waals surface area contributed by atoms with Gasteiger partial charge in [-0.3, -0.25) is 4.79 Å². The molecule has 0 saturated heterocycles. The fourth-order valence-corrected chi connectivity index (χ4v) is 1.81. The molecule has 2 heterocycles. The van der Waals surface area contributed by atoms with Crippen molar-refractivity contribution in [3.05, 3.63) is 23.2 Å². The minimum absolute atomic E-state index is 0.0800. The summed E-state index contributed by atoms with van der Waals surface area (Å²) in [6.45, 7) is 3.99. The highest BCUT2D eigenvalue weighted by atomic mass is 32.1. The van der Waals surface area contributed by atoms with Crippen LogP contribution in [0, 0.1) is 0 Å². The first-order chi connectivity index (χ1) is 7.68. The summed E-state index contributed by atoms with van der Waals surface area (Å²) in [6.07, 6.45) is 1.67. The average Bonchev–Trinajstić information content (AvgIpc) is 2.86. The van der Waals surface area contributed by atoms with Gasteiger partial charge in [0.25, 0.3) is 0 Å². The van der Waals surface area contributed by atoms with E-state index >= 15 is 0 Å². The first-order valence-corrected chi connectivity index (χ1v) is 5.70. The smallest absolute Gasteiger partial charge is 0.191 e. The van der Waals surface area contributed by atoms with E-state index in [9.17, 15) is 4.79 Å². The van der Waals surface area contributed by atoms with E-state index in [0.717, 1.165) is 0 Å². The maximum absolute atomic E-state index is 11.8. The van der Waals surface area contributed by atoms with Gasteiger partial charge >= 0.3 is 0 Å². The van der Waals surface area contributed by atoms with Crippen LogP contribution >= 0.6 is 11.5 Å². The van der Waals surface area contributed by atoms with Gasteiger partial charge in [0.15, 0.2) is 5.78 Å². The molecule has 2 rings (SSSR count). The third kappa shape index (κ3) is 2.13. The Morgan fingerprint density at radius 2 is 2.38 bits per heavy atom. The average molecular weight is 237 g/mol. The van der Waals surface area contributed by atoms with Crippen molar-refractivity contribution in [2.45, 2.75) is 26.3 Å². The van der Waals surface area contributed by atoms with Crippen LogP contribution in [-0.2, 0) is 6.42 Å². The first kappa shape index (κ1) is 10.9. The van der Waals surface area contributed by atoms with Gasteiger partial charge in [0.2, 0.25) is 0 Å². The third-order valence-electron chi connectivity index (χ3n) is 2.10. The van der Waals surface area contributed by atoms with Crippen LogP contribution in [0.2, 0.25) is 0 Å². The second-order valence-corrected chi connectivity index (χ2v) is 4.21. The third-order valence-corrected chi connectivity index (χ3v) is 2.61. The summed E-state index contributed by atoms with van der Waals surface area (Å²) >= 11 is 1.17. The maximum atomic E-state index is 11.8. The van der Waals surface area contributed by atoms with E-state index in [1.54, 1.807) is 10.1 Å². The molecule has 0 amide bonds. The van der Waals surface area contributed by atoms with E-state index in [-0.39, 0.29) is 18.2 Å². The van der Waals surface area contributed by atoms with Crippen molar-refractivity contribution in [1.82, 2.24) is 24.4 Å². The van der Waals surface area contributed by atoms with E-state index in [1.807, 2.05) is 13.8 Å². The molecule has 0 bridgehead atoms. The molecule has 84 valence electrons. The quantitative estimate of drug-likeness (QED) is 0.745. The summed E-state index contributed by atoms with van der Waals surface area (Å²) in [5, 5.41) is 9.44. The van der Waals surface area contributed by atoms with Gasteiger partial charge in [-0.1, -0.05) is 4.49 Å². The van der Waals surface area contributed by atoms with E-state index < -0.39 is 0 Å². The van der Waals surface area contributed by atoms with Crippen LogP contribution in [0.1, 0.15) is 36.2 Å². The summed E-state index contributed by atoms with van der Waals surface area (Å²) < 4.78 is 5.39. The fourth-order valence-electron chi connectivity index (χ4n) is 1.35. The highest BCUT2D eigenvalue weighted by Crippen LogP contribution is 2.08. The van der Waals surface area contributed by atoms with Crippen LogP contribution < -0.4 is 0 Å². The molecule has 0 aliphatic heterocycles. The summed E-state index contributed by atoms with van der Waals surface area (Å²) in [5.74, 6) is 0.580. The number of ketones is 1. The van der Waals surface area contributed by atoms with Gasteiger partial charge in [0.05, 0.1) is 6.42 Å². The normalized spacial score (nSPS) is 10.9. The number of Topliss-reactive ketones (excluding diaryl/α,β-unsaturated/α-hetero) is 1. The molecule has 0 radical (unpaired) electrons. The molecule has 6 nitrogen and oxygen atoms in total. The van der Waals surface area contributed by atoms with Crippen molar-refractivity contribution >= 4 is 17.3 Å². The second kappa shape index (κ2) is 4.48. The zero-order chi connectivity index (χ0) is 11.5. The summed E-state index contributed by atoms with van der Waals surface area (Å²) in [7, 11) is 0. The molecular weight excluding hydrogens is 226 g/mol. The van der Waals surface area contributed by atoms with Crippen molar-refractivity contribution < 1.29 is 4.79 Å². The molecule has 0 spiro atoms. The highest BCUT2D eigenvalue weighted by Gasteiger charge is 2.15. The standard InChI is InChI=1S/C9H11N5OS/c1-6(2)14-9(10-5-11-14)3-8(15)7-4-16-13-12-7/h4-6H,3H2,1-2H3. The molecular formula is C9H11N5OS. The number of rotatable bonds is 4. The van der Waals surface area contributed by atoms with Crippen LogP contribution in [0.25, 0.3) is 0 Å². The van der Waals surface area contributed by atoms with Gasteiger partial charge in [-0.25, -0.2) is 9.67 Å². The van der Waals surface area contributed by atoms with Crippen LogP contribution in [0.5, 0.6) is 0 Å². The molecule has 0 saturated carbocycles. The largest absolute Gasteiger partial charge is 0.292 e. The first-order valence-electron chi connectivity index (χ1n) is 4.87. The second-order valence-electron chi connectivity index (χ2n) is 3.60. The lowest BCUT2D eigenvalue weighted by Crippen LogP contribution is -2.13. The molecule has 0 unspecified atom stereocenters. The Labute approximate surface area is 96.5 Å². The zero-order valence-corrected chi connectivity index (χ0v) is 9.81. The molecule has 0 fully saturated rings. The number of hydrogen-bond donors (Lipinski definition) is 0. The molecule has 2 aromatic heterocycles. The van der Waals surface area contributed by atoms with Gasteiger partial charge < -0.3 is 0 Å². The topological polar surface area (TPSA) is 73.6 Å². The lowest BCUT2D eigenvalue weighted by atomic mass is 10.2. The number of nitrogens with zero attached hydrogens (tertiary/aromatic N) is 5. The minimum atomic E-state index is -0.0800. The molecule has 0 atom stereocenters. The van der Waals surface area contributed by atoms with Crippen molar-refractivity contribution in [3.8, 4) is 0 Å². The van der Waals surface area contributed by atoms with Gasteiger partial charge in [-0.2, -0.15) is 5.10 Å². The number of hydrogen-bond acceptors (Lipinski definition) is 6. The van der Waals surface area contributed by atoms with Crippen molar-refractivity contribution in [2.75, 3.05) is 0 Å². The molecule has 7 heteroatoms. The summed E-state index contributed by atoms with van der Waals surface area (Å²) in [6, 6.07) is 0.193. The van der Waals surface area contributed by atoms with Crippen molar-refractivity contribution in [2.24, 2.45) is 0 Å². The predicted octanol–water partition coefficient (Wildman–Crippen LogP) is 1.14. The Kier molecular flexibility index (Phi) is 3.04. The Morgan fingerprint density at radius 3 is 3.00 bits per heavy atom.